The summed E-state index contributed by atoms with van der Waals surface area (Å²) in [6.07, 6.45) is 3.21. The number of guanidine groups is 1. The van der Waals surface area contributed by atoms with Gasteiger partial charge in [0.1, 0.15) is 0 Å². The summed E-state index contributed by atoms with van der Waals surface area (Å²) >= 11 is 0. The molecule has 0 spiro atoms. The van der Waals surface area contributed by atoms with Crippen LogP contribution in [0.5, 0.6) is 0 Å². The molecule has 2 rings (SSSR count). The number of fused-ring (bicyclic) bond motifs is 1. The Hall–Kier alpha value is -3.42. The highest BCUT2D eigenvalue weighted by molar-refractivity contribution is 6.04. The Balaban J connectivity index is 2.45. The summed E-state index contributed by atoms with van der Waals surface area (Å²) < 4.78 is 0. The zero-order chi connectivity index (χ0) is 19.3. The van der Waals surface area contributed by atoms with Crippen LogP contribution in [0.4, 0.5) is 5.95 Å². The summed E-state index contributed by atoms with van der Waals surface area (Å²) in [5.41, 5.74) is 2.19. The van der Waals surface area contributed by atoms with Crippen LogP contribution < -0.4 is 10.6 Å². The SMILES string of the molecule is CC(=O)/C=C/c1ccc2nc(N=C(NC(C)=O)NC(C)=O)nc(C)c2c1. The van der Waals surface area contributed by atoms with Crippen LogP contribution in [-0.4, -0.2) is 33.5 Å². The molecule has 1 heterocycles. The smallest absolute Gasteiger partial charge is 0.253 e. The Kier molecular flexibility index (Phi) is 5.90. The minimum atomic E-state index is -0.378. The number of hydrogen-bond donors (Lipinski definition) is 2. The van der Waals surface area contributed by atoms with Gasteiger partial charge in [-0.2, -0.15) is 4.99 Å². The first-order valence-corrected chi connectivity index (χ1v) is 7.85. The first-order chi connectivity index (χ1) is 12.2. The van der Waals surface area contributed by atoms with Gasteiger partial charge in [0.25, 0.3) is 5.95 Å². The van der Waals surface area contributed by atoms with Gasteiger partial charge in [0.2, 0.25) is 17.8 Å². The van der Waals surface area contributed by atoms with Gasteiger partial charge in [-0.25, -0.2) is 9.97 Å². The van der Waals surface area contributed by atoms with Gasteiger partial charge in [-0.3, -0.25) is 25.0 Å². The van der Waals surface area contributed by atoms with Gasteiger partial charge in [0.05, 0.1) is 11.2 Å². The topological polar surface area (TPSA) is 113 Å². The van der Waals surface area contributed by atoms with E-state index in [4.69, 9.17) is 0 Å². The van der Waals surface area contributed by atoms with Gasteiger partial charge in [-0.05, 0) is 37.6 Å². The number of rotatable bonds is 3. The molecule has 0 saturated carbocycles. The minimum absolute atomic E-state index is 0.0359. The summed E-state index contributed by atoms with van der Waals surface area (Å²) in [4.78, 5) is 46.3. The van der Waals surface area contributed by atoms with Crippen LogP contribution in [0.2, 0.25) is 0 Å². The van der Waals surface area contributed by atoms with Gasteiger partial charge in [0, 0.05) is 19.2 Å². The average molecular weight is 353 g/mol. The van der Waals surface area contributed by atoms with E-state index in [9.17, 15) is 14.4 Å². The van der Waals surface area contributed by atoms with E-state index in [-0.39, 0.29) is 29.5 Å². The number of carbonyl (C=O) groups is 3. The van der Waals surface area contributed by atoms with Crippen molar-refractivity contribution in [3.05, 3.63) is 35.5 Å². The van der Waals surface area contributed by atoms with Gasteiger partial charge < -0.3 is 0 Å². The van der Waals surface area contributed by atoms with Crippen molar-refractivity contribution in [3.8, 4) is 0 Å². The summed E-state index contributed by atoms with van der Waals surface area (Å²) in [5, 5.41) is 5.66. The molecule has 8 nitrogen and oxygen atoms in total. The molecule has 0 aliphatic carbocycles. The molecule has 2 N–H and O–H groups in total. The fraction of sp³-hybridized carbons (Fsp3) is 0.222. The second-order valence-corrected chi connectivity index (χ2v) is 5.65. The number of aryl methyl sites for hydroxylation is 1. The molecule has 0 unspecified atom stereocenters. The van der Waals surface area contributed by atoms with E-state index in [2.05, 4.69) is 25.6 Å². The van der Waals surface area contributed by atoms with E-state index in [0.717, 1.165) is 10.9 Å². The van der Waals surface area contributed by atoms with Crippen molar-refractivity contribution in [1.82, 2.24) is 20.6 Å². The Bertz CT molecular complexity index is 929. The molecule has 0 aliphatic heterocycles. The van der Waals surface area contributed by atoms with E-state index >= 15 is 0 Å². The van der Waals surface area contributed by atoms with Crippen molar-refractivity contribution in [2.24, 2.45) is 4.99 Å². The van der Waals surface area contributed by atoms with E-state index in [1.165, 1.54) is 26.8 Å². The lowest BCUT2D eigenvalue weighted by atomic mass is 10.1. The molecular formula is C18H19N5O3. The number of benzene rings is 1. The third-order valence-corrected chi connectivity index (χ3v) is 3.21. The molecule has 2 amide bonds. The molecule has 0 radical (unpaired) electrons. The van der Waals surface area contributed by atoms with Gasteiger partial charge in [-0.1, -0.05) is 12.1 Å². The number of amides is 2. The van der Waals surface area contributed by atoms with Crippen LogP contribution in [-0.2, 0) is 14.4 Å². The van der Waals surface area contributed by atoms with E-state index in [1.54, 1.807) is 19.1 Å². The maximum Gasteiger partial charge on any atom is 0.253 e. The average Bonchev–Trinajstić information content (AvgIpc) is 2.51. The Morgan fingerprint density at radius 3 is 2.27 bits per heavy atom. The maximum atomic E-state index is 11.2. The van der Waals surface area contributed by atoms with Crippen molar-refractivity contribution in [2.75, 3.05) is 0 Å². The highest BCUT2D eigenvalue weighted by Gasteiger charge is 2.08. The standard InChI is InChI=1S/C18H19N5O3/c1-10(24)5-6-14-7-8-16-15(9-14)11(2)19-17(22-16)23-18(20-12(3)25)21-13(4)26/h5-9H,1-4H3,(H2,19,20,21,22,23,25,26)/b6-5+. The fourth-order valence-electron chi connectivity index (χ4n) is 2.17. The lowest BCUT2D eigenvalue weighted by Crippen LogP contribution is -2.41. The Morgan fingerprint density at radius 1 is 1.04 bits per heavy atom. The lowest BCUT2D eigenvalue weighted by molar-refractivity contribution is -0.118. The molecule has 0 fully saturated rings. The zero-order valence-corrected chi connectivity index (χ0v) is 15.0. The van der Waals surface area contributed by atoms with Crippen LogP contribution in [0.3, 0.4) is 0 Å². The van der Waals surface area contributed by atoms with E-state index < -0.39 is 0 Å². The number of allylic oxidation sites excluding steroid dienone is 1. The molecular weight excluding hydrogens is 334 g/mol. The molecule has 1 aromatic heterocycles. The van der Waals surface area contributed by atoms with Gasteiger partial charge in [-0.15, -0.1) is 0 Å². The molecule has 1 aromatic carbocycles. The highest BCUT2D eigenvalue weighted by Crippen LogP contribution is 2.20. The van der Waals surface area contributed by atoms with Crippen molar-refractivity contribution in [3.63, 3.8) is 0 Å². The lowest BCUT2D eigenvalue weighted by Gasteiger charge is -2.08. The number of nitrogens with zero attached hydrogens (tertiary/aromatic N) is 3. The second kappa shape index (κ2) is 8.11. The van der Waals surface area contributed by atoms with E-state index in [0.29, 0.717) is 11.2 Å². The van der Waals surface area contributed by atoms with E-state index in [1.807, 2.05) is 12.1 Å². The molecule has 0 atom stereocenters. The molecule has 134 valence electrons. The molecule has 0 saturated heterocycles. The predicted molar refractivity (Wildman–Crippen MR) is 98.7 cm³/mol. The number of hydrogen-bond acceptors (Lipinski definition) is 6. The van der Waals surface area contributed by atoms with Crippen molar-refractivity contribution in [1.29, 1.82) is 0 Å². The summed E-state index contributed by atoms with van der Waals surface area (Å²) in [7, 11) is 0. The molecule has 0 bridgehead atoms. The van der Waals surface area contributed by atoms with Gasteiger partial charge in [0.15, 0.2) is 5.78 Å². The predicted octanol–water partition coefficient (Wildman–Crippen LogP) is 1.80. The van der Waals surface area contributed by atoms with Crippen LogP contribution >= 0.6 is 0 Å². The third kappa shape index (κ3) is 5.30. The summed E-state index contributed by atoms with van der Waals surface area (Å²) in [6.45, 7) is 5.90. The van der Waals surface area contributed by atoms with Crippen molar-refractivity contribution >= 4 is 46.5 Å². The number of ketones is 1. The number of nitrogens with one attached hydrogen (secondary N) is 2. The molecule has 2 aromatic rings. The Labute approximate surface area is 150 Å². The molecule has 8 heteroatoms. The molecule has 0 aliphatic rings. The normalized spacial score (nSPS) is 10.6. The highest BCUT2D eigenvalue weighted by atomic mass is 16.2. The number of carbonyl (C=O) groups excluding carboxylic acids is 3. The van der Waals surface area contributed by atoms with Gasteiger partial charge >= 0.3 is 0 Å². The monoisotopic (exact) mass is 353 g/mol. The largest absolute Gasteiger partial charge is 0.296 e. The van der Waals surface area contributed by atoms with Crippen LogP contribution in [0, 0.1) is 6.92 Å². The molecule has 26 heavy (non-hydrogen) atoms. The second-order valence-electron chi connectivity index (χ2n) is 5.65. The summed E-state index contributed by atoms with van der Waals surface area (Å²) in [6, 6.07) is 5.49. The quantitative estimate of drug-likeness (QED) is 0.496. The van der Waals surface area contributed by atoms with Crippen LogP contribution in [0.25, 0.3) is 17.0 Å². The first-order valence-electron chi connectivity index (χ1n) is 7.85. The van der Waals surface area contributed by atoms with Crippen molar-refractivity contribution in [2.45, 2.75) is 27.7 Å². The zero-order valence-electron chi connectivity index (χ0n) is 15.0. The minimum Gasteiger partial charge on any atom is -0.296 e. The number of aromatic nitrogens is 2. The third-order valence-electron chi connectivity index (χ3n) is 3.21. The number of aliphatic imine (C=N–C) groups is 1. The van der Waals surface area contributed by atoms with Crippen LogP contribution in [0.15, 0.2) is 29.3 Å². The van der Waals surface area contributed by atoms with Crippen LogP contribution in [0.1, 0.15) is 32.0 Å². The fourth-order valence-corrected chi connectivity index (χ4v) is 2.17. The summed E-state index contributed by atoms with van der Waals surface area (Å²) in [5.74, 6) is -0.718. The Morgan fingerprint density at radius 2 is 1.69 bits per heavy atom. The first kappa shape index (κ1) is 18.9. The van der Waals surface area contributed by atoms with Crippen molar-refractivity contribution < 1.29 is 14.4 Å². The maximum absolute atomic E-state index is 11.2.